The van der Waals surface area contributed by atoms with Gasteiger partial charge in [0.2, 0.25) is 17.7 Å². The maximum absolute atomic E-state index is 12.5. The highest BCUT2D eigenvalue weighted by Gasteiger charge is 2.49. The summed E-state index contributed by atoms with van der Waals surface area (Å²) in [4.78, 5) is 40.0. The summed E-state index contributed by atoms with van der Waals surface area (Å²) in [7, 11) is 0. The van der Waals surface area contributed by atoms with Crippen LogP contribution >= 0.6 is 11.6 Å². The quantitative estimate of drug-likeness (QED) is 0.804. The van der Waals surface area contributed by atoms with Crippen molar-refractivity contribution in [3.05, 3.63) is 34.9 Å². The lowest BCUT2D eigenvalue weighted by atomic mass is 9.74. The fraction of sp³-hybridized carbons (Fsp3) is 0.550. The van der Waals surface area contributed by atoms with Crippen molar-refractivity contribution in [2.45, 2.75) is 38.5 Å². The number of nitrogens with zero attached hydrogens (tertiary/aromatic N) is 2. The predicted molar refractivity (Wildman–Crippen MR) is 103 cm³/mol. The number of carbonyl (C=O) groups is 3. The van der Waals surface area contributed by atoms with Crippen molar-refractivity contribution in [2.24, 2.45) is 11.1 Å². The Labute approximate surface area is 164 Å². The van der Waals surface area contributed by atoms with Gasteiger partial charge in [-0.15, -0.1) is 0 Å². The van der Waals surface area contributed by atoms with Gasteiger partial charge < -0.3 is 15.5 Å². The molecule has 2 saturated heterocycles. The molecule has 0 spiro atoms. The second kappa shape index (κ2) is 8.30. The molecule has 0 radical (unpaired) electrons. The van der Waals surface area contributed by atoms with Gasteiger partial charge in [0.15, 0.2) is 0 Å². The Hall–Kier alpha value is -2.08. The van der Waals surface area contributed by atoms with Crippen LogP contribution in [0.1, 0.15) is 37.7 Å². The molecule has 3 rings (SSSR count). The molecule has 7 heteroatoms. The number of carbonyl (C=O) groups excluding carboxylic acids is 3. The maximum Gasteiger partial charge on any atom is 0.227 e. The normalized spacial score (nSPS) is 19.4. The van der Waals surface area contributed by atoms with Gasteiger partial charge in [0.25, 0.3) is 0 Å². The number of primary amides is 1. The number of halogens is 1. The number of rotatable bonds is 6. The van der Waals surface area contributed by atoms with Crippen LogP contribution < -0.4 is 5.73 Å². The van der Waals surface area contributed by atoms with Crippen LogP contribution in [0, 0.1) is 5.41 Å². The molecule has 6 nitrogen and oxygen atoms in total. The Morgan fingerprint density at radius 2 is 1.81 bits per heavy atom. The van der Waals surface area contributed by atoms with Gasteiger partial charge in [-0.1, -0.05) is 30.2 Å². The minimum atomic E-state index is -0.720. The van der Waals surface area contributed by atoms with Crippen molar-refractivity contribution in [1.82, 2.24) is 9.80 Å². The molecular weight excluding hydrogens is 366 g/mol. The number of hydrogen-bond acceptors (Lipinski definition) is 3. The molecule has 2 fully saturated rings. The second-order valence-electron chi connectivity index (χ2n) is 7.64. The lowest BCUT2D eigenvalue weighted by molar-refractivity contribution is -0.152. The Morgan fingerprint density at radius 3 is 2.48 bits per heavy atom. The highest BCUT2D eigenvalue weighted by Crippen LogP contribution is 2.34. The fourth-order valence-corrected chi connectivity index (χ4v) is 4.00. The highest BCUT2D eigenvalue weighted by atomic mass is 35.5. The van der Waals surface area contributed by atoms with Crippen molar-refractivity contribution in [3.8, 4) is 0 Å². The van der Waals surface area contributed by atoms with E-state index in [0.29, 0.717) is 43.9 Å². The number of likely N-dealkylation sites (tertiary alicyclic amines) is 2. The van der Waals surface area contributed by atoms with E-state index in [9.17, 15) is 14.4 Å². The third-order valence-electron chi connectivity index (χ3n) is 5.59. The summed E-state index contributed by atoms with van der Waals surface area (Å²) in [5.41, 5.74) is 5.90. The first-order valence-corrected chi connectivity index (χ1v) is 9.87. The van der Waals surface area contributed by atoms with Gasteiger partial charge in [-0.25, -0.2) is 0 Å². The van der Waals surface area contributed by atoms with Crippen LogP contribution in [0.15, 0.2) is 24.3 Å². The molecule has 0 aromatic heterocycles. The largest absolute Gasteiger partial charge is 0.369 e. The van der Waals surface area contributed by atoms with Crippen LogP contribution in [-0.4, -0.2) is 53.7 Å². The van der Waals surface area contributed by atoms with Crippen LogP contribution in [-0.2, 0) is 20.8 Å². The van der Waals surface area contributed by atoms with E-state index in [1.807, 2.05) is 12.1 Å². The molecule has 27 heavy (non-hydrogen) atoms. The summed E-state index contributed by atoms with van der Waals surface area (Å²) in [5.74, 6) is -0.276. The van der Waals surface area contributed by atoms with E-state index in [0.717, 1.165) is 31.4 Å². The molecule has 2 aliphatic heterocycles. The topological polar surface area (TPSA) is 83.7 Å². The number of amides is 3. The Bertz CT molecular complexity index is 714. The van der Waals surface area contributed by atoms with Gasteiger partial charge in [0.05, 0.1) is 5.41 Å². The van der Waals surface area contributed by atoms with Crippen LogP contribution in [0.3, 0.4) is 0 Å². The molecule has 0 bridgehead atoms. The Morgan fingerprint density at radius 1 is 1.11 bits per heavy atom. The fourth-order valence-electron chi connectivity index (χ4n) is 3.87. The van der Waals surface area contributed by atoms with Gasteiger partial charge in [-0.05, 0) is 37.0 Å². The summed E-state index contributed by atoms with van der Waals surface area (Å²) in [6.07, 6.45) is 4.35. The molecule has 3 amide bonds. The molecule has 0 unspecified atom stereocenters. The van der Waals surface area contributed by atoms with Crippen molar-refractivity contribution in [2.75, 3.05) is 26.2 Å². The zero-order valence-electron chi connectivity index (χ0n) is 15.5. The van der Waals surface area contributed by atoms with E-state index in [2.05, 4.69) is 0 Å². The van der Waals surface area contributed by atoms with Crippen molar-refractivity contribution < 1.29 is 14.4 Å². The molecule has 1 aromatic carbocycles. The van der Waals surface area contributed by atoms with E-state index in [4.69, 9.17) is 17.3 Å². The summed E-state index contributed by atoms with van der Waals surface area (Å²) in [6.45, 7) is 1.85. The van der Waals surface area contributed by atoms with Crippen molar-refractivity contribution >= 4 is 29.3 Å². The molecule has 2 N–H and O–H groups in total. The minimum Gasteiger partial charge on any atom is -0.369 e. The van der Waals surface area contributed by atoms with Gasteiger partial charge in [-0.2, -0.15) is 0 Å². The molecule has 146 valence electrons. The predicted octanol–water partition coefficient (Wildman–Crippen LogP) is 1.99. The second-order valence-corrected chi connectivity index (χ2v) is 8.08. The van der Waals surface area contributed by atoms with E-state index < -0.39 is 5.41 Å². The van der Waals surface area contributed by atoms with Gasteiger partial charge >= 0.3 is 0 Å². The summed E-state index contributed by atoms with van der Waals surface area (Å²) >= 11 is 5.90. The summed E-state index contributed by atoms with van der Waals surface area (Å²) in [5, 5.41) is 0.639. The smallest absolute Gasteiger partial charge is 0.227 e. The number of nitrogens with two attached hydrogens (primary N) is 1. The molecule has 0 saturated carbocycles. The van der Waals surface area contributed by atoms with Gasteiger partial charge in [0.1, 0.15) is 0 Å². The zero-order valence-corrected chi connectivity index (χ0v) is 16.2. The third-order valence-corrected chi connectivity index (χ3v) is 5.84. The van der Waals surface area contributed by atoms with E-state index in [1.54, 1.807) is 21.9 Å². The molecule has 2 aliphatic rings. The monoisotopic (exact) mass is 391 g/mol. The molecule has 0 atom stereocenters. The molecule has 1 aromatic rings. The van der Waals surface area contributed by atoms with Crippen molar-refractivity contribution in [3.63, 3.8) is 0 Å². The first-order valence-electron chi connectivity index (χ1n) is 9.49. The van der Waals surface area contributed by atoms with Crippen LogP contribution in [0.2, 0.25) is 5.02 Å². The van der Waals surface area contributed by atoms with Gasteiger partial charge in [-0.3, -0.25) is 14.4 Å². The van der Waals surface area contributed by atoms with Gasteiger partial charge in [0, 0.05) is 44.0 Å². The van der Waals surface area contributed by atoms with Crippen molar-refractivity contribution in [1.29, 1.82) is 0 Å². The standard InChI is InChI=1S/C20H26ClN3O3/c21-16-7-5-15(6-8-16)12-20(19(22)27)13-24(14-20)18(26)9-11-23-10-3-1-2-4-17(23)25/h5-8H,1-4,9-14H2,(H2,22,27). The average molecular weight is 392 g/mol. The average Bonchev–Trinajstić information content (AvgIpc) is 2.81. The van der Waals surface area contributed by atoms with Crippen LogP contribution in [0.5, 0.6) is 0 Å². The van der Waals surface area contributed by atoms with E-state index >= 15 is 0 Å². The molecule has 0 aliphatic carbocycles. The molecular formula is C20H26ClN3O3. The first kappa shape index (κ1) is 19.7. The first-order chi connectivity index (χ1) is 12.9. The van der Waals surface area contributed by atoms with E-state index in [-0.39, 0.29) is 17.7 Å². The highest BCUT2D eigenvalue weighted by molar-refractivity contribution is 6.30. The summed E-state index contributed by atoms with van der Waals surface area (Å²) in [6, 6.07) is 7.32. The number of benzene rings is 1. The van der Waals surface area contributed by atoms with Crippen LogP contribution in [0.4, 0.5) is 0 Å². The third kappa shape index (κ3) is 4.61. The zero-order chi connectivity index (χ0) is 19.4. The number of hydrogen-bond donors (Lipinski definition) is 1. The molecule has 2 heterocycles. The Kier molecular flexibility index (Phi) is 6.05. The Balaban J connectivity index is 1.53. The lowest BCUT2D eigenvalue weighted by Gasteiger charge is -2.48. The van der Waals surface area contributed by atoms with E-state index in [1.165, 1.54) is 0 Å². The SMILES string of the molecule is NC(=O)C1(Cc2ccc(Cl)cc2)CN(C(=O)CCN2CCCCCC2=O)C1. The lowest BCUT2D eigenvalue weighted by Crippen LogP contribution is -2.65. The van der Waals surface area contributed by atoms with Crippen LogP contribution in [0.25, 0.3) is 0 Å². The minimum absolute atomic E-state index is 0.0278. The maximum atomic E-state index is 12.5. The summed E-state index contributed by atoms with van der Waals surface area (Å²) < 4.78 is 0.